The second kappa shape index (κ2) is 9.45. The minimum absolute atomic E-state index is 0.169. The first-order chi connectivity index (χ1) is 11.7. The van der Waals surface area contributed by atoms with E-state index >= 15 is 0 Å². The van der Waals surface area contributed by atoms with Gasteiger partial charge in [-0.05, 0) is 36.1 Å². The quantitative estimate of drug-likeness (QED) is 0.732. The van der Waals surface area contributed by atoms with Crippen LogP contribution in [-0.2, 0) is 13.0 Å². The summed E-state index contributed by atoms with van der Waals surface area (Å²) in [7, 11) is 3.19. The molecule has 0 fully saturated rings. The Hall–Kier alpha value is -2.69. The monoisotopic (exact) mass is 328 g/mol. The van der Waals surface area contributed by atoms with Crippen LogP contribution < -0.4 is 20.1 Å². The van der Waals surface area contributed by atoms with Gasteiger partial charge in [0.15, 0.2) is 11.5 Å². The van der Waals surface area contributed by atoms with E-state index in [1.165, 1.54) is 5.56 Å². The van der Waals surface area contributed by atoms with E-state index in [0.29, 0.717) is 24.6 Å². The lowest BCUT2D eigenvalue weighted by atomic mass is 10.1. The molecule has 0 heterocycles. The van der Waals surface area contributed by atoms with E-state index < -0.39 is 0 Å². The van der Waals surface area contributed by atoms with Crippen molar-refractivity contribution < 1.29 is 14.3 Å². The lowest BCUT2D eigenvalue weighted by Crippen LogP contribution is -2.35. The standard InChI is InChI=1S/C19H24N2O3/c1-23-17-11-10-16(13-18(17)24-2)14-21-19(22)20-12-6-9-15-7-4-3-5-8-15/h3-5,7-8,10-11,13H,6,9,12,14H2,1-2H3,(H2,20,21,22). The van der Waals surface area contributed by atoms with Crippen LogP contribution in [0.15, 0.2) is 48.5 Å². The number of amides is 2. The SMILES string of the molecule is COc1ccc(CNC(=O)NCCCc2ccccc2)cc1OC. The van der Waals surface area contributed by atoms with Crippen molar-refractivity contribution in [2.24, 2.45) is 0 Å². The van der Waals surface area contributed by atoms with Gasteiger partial charge in [0, 0.05) is 13.1 Å². The Kier molecular flexibility index (Phi) is 6.95. The van der Waals surface area contributed by atoms with Crippen molar-refractivity contribution in [3.63, 3.8) is 0 Å². The molecule has 0 unspecified atom stereocenters. The molecule has 24 heavy (non-hydrogen) atoms. The van der Waals surface area contributed by atoms with Crippen LogP contribution in [0.4, 0.5) is 4.79 Å². The molecule has 5 heteroatoms. The molecule has 2 amide bonds. The summed E-state index contributed by atoms with van der Waals surface area (Å²) in [6.45, 7) is 1.08. The molecule has 2 aromatic carbocycles. The van der Waals surface area contributed by atoms with E-state index in [2.05, 4.69) is 22.8 Å². The third-order valence-corrected chi connectivity index (χ3v) is 3.67. The van der Waals surface area contributed by atoms with E-state index in [1.54, 1.807) is 14.2 Å². The van der Waals surface area contributed by atoms with Gasteiger partial charge in [-0.3, -0.25) is 0 Å². The van der Waals surface area contributed by atoms with Gasteiger partial charge in [-0.2, -0.15) is 0 Å². The number of urea groups is 1. The molecule has 0 spiro atoms. The molecule has 0 saturated carbocycles. The number of hydrogen-bond acceptors (Lipinski definition) is 3. The number of carbonyl (C=O) groups excluding carboxylic acids is 1. The van der Waals surface area contributed by atoms with Crippen LogP contribution in [0.25, 0.3) is 0 Å². The molecule has 0 atom stereocenters. The van der Waals surface area contributed by atoms with Crippen molar-refractivity contribution in [1.29, 1.82) is 0 Å². The number of methoxy groups -OCH3 is 2. The molecule has 0 aliphatic carbocycles. The highest BCUT2D eigenvalue weighted by Crippen LogP contribution is 2.27. The van der Waals surface area contributed by atoms with Crippen molar-refractivity contribution in [2.45, 2.75) is 19.4 Å². The zero-order valence-electron chi connectivity index (χ0n) is 14.2. The number of hydrogen-bond donors (Lipinski definition) is 2. The third-order valence-electron chi connectivity index (χ3n) is 3.67. The number of benzene rings is 2. The van der Waals surface area contributed by atoms with Crippen LogP contribution in [0.5, 0.6) is 11.5 Å². The summed E-state index contributed by atoms with van der Waals surface area (Å²) < 4.78 is 10.4. The summed E-state index contributed by atoms with van der Waals surface area (Å²) in [5.41, 5.74) is 2.23. The van der Waals surface area contributed by atoms with Gasteiger partial charge in [0.25, 0.3) is 0 Å². The van der Waals surface area contributed by atoms with Crippen LogP contribution >= 0.6 is 0 Å². The zero-order chi connectivity index (χ0) is 17.2. The summed E-state index contributed by atoms with van der Waals surface area (Å²) in [5, 5.41) is 5.71. The van der Waals surface area contributed by atoms with Gasteiger partial charge in [0.05, 0.1) is 14.2 Å². The van der Waals surface area contributed by atoms with Gasteiger partial charge in [-0.1, -0.05) is 36.4 Å². The van der Waals surface area contributed by atoms with Crippen LogP contribution in [0.1, 0.15) is 17.5 Å². The normalized spacial score (nSPS) is 10.1. The van der Waals surface area contributed by atoms with Crippen molar-refractivity contribution in [3.8, 4) is 11.5 Å². The minimum Gasteiger partial charge on any atom is -0.493 e. The van der Waals surface area contributed by atoms with Gasteiger partial charge in [-0.15, -0.1) is 0 Å². The molecule has 0 bridgehead atoms. The van der Waals surface area contributed by atoms with Gasteiger partial charge in [0.2, 0.25) is 0 Å². The average Bonchev–Trinajstić information content (AvgIpc) is 2.64. The third kappa shape index (κ3) is 5.50. The Bertz CT molecular complexity index is 644. The first-order valence-corrected chi connectivity index (χ1v) is 7.99. The summed E-state index contributed by atoms with van der Waals surface area (Å²) >= 11 is 0. The molecule has 5 nitrogen and oxygen atoms in total. The van der Waals surface area contributed by atoms with Crippen LogP contribution in [0.2, 0.25) is 0 Å². The second-order valence-corrected chi connectivity index (χ2v) is 5.39. The fourth-order valence-corrected chi connectivity index (χ4v) is 2.37. The molecule has 128 valence electrons. The Morgan fingerprint density at radius 3 is 2.38 bits per heavy atom. The topological polar surface area (TPSA) is 59.6 Å². The summed E-state index contributed by atoms with van der Waals surface area (Å²) in [5.74, 6) is 1.33. The van der Waals surface area contributed by atoms with Gasteiger partial charge >= 0.3 is 6.03 Å². The van der Waals surface area contributed by atoms with E-state index in [-0.39, 0.29) is 6.03 Å². The number of ether oxygens (including phenoxy) is 2. The fourth-order valence-electron chi connectivity index (χ4n) is 2.37. The number of aryl methyl sites for hydroxylation is 1. The zero-order valence-corrected chi connectivity index (χ0v) is 14.2. The molecular weight excluding hydrogens is 304 g/mol. The Morgan fingerprint density at radius 2 is 1.67 bits per heavy atom. The first-order valence-electron chi connectivity index (χ1n) is 7.99. The van der Waals surface area contributed by atoms with E-state index in [1.807, 2.05) is 36.4 Å². The number of carbonyl (C=O) groups is 1. The minimum atomic E-state index is -0.169. The smallest absolute Gasteiger partial charge is 0.315 e. The first kappa shape index (κ1) is 17.7. The predicted octanol–water partition coefficient (Wildman–Crippen LogP) is 3.14. The summed E-state index contributed by atoms with van der Waals surface area (Å²) in [6, 6.07) is 15.7. The number of nitrogens with one attached hydrogen (secondary N) is 2. The summed E-state index contributed by atoms with van der Waals surface area (Å²) in [4.78, 5) is 11.8. The lowest BCUT2D eigenvalue weighted by molar-refractivity contribution is 0.240. The fraction of sp³-hybridized carbons (Fsp3) is 0.316. The Balaban J connectivity index is 1.69. The maximum atomic E-state index is 11.8. The van der Waals surface area contributed by atoms with E-state index in [4.69, 9.17) is 9.47 Å². The Morgan fingerprint density at radius 1 is 0.917 bits per heavy atom. The van der Waals surface area contributed by atoms with Gasteiger partial charge in [-0.25, -0.2) is 4.79 Å². The van der Waals surface area contributed by atoms with E-state index in [9.17, 15) is 4.79 Å². The molecular formula is C19H24N2O3. The second-order valence-electron chi connectivity index (χ2n) is 5.39. The van der Waals surface area contributed by atoms with Crippen molar-refractivity contribution >= 4 is 6.03 Å². The molecule has 2 rings (SSSR count). The van der Waals surface area contributed by atoms with Crippen LogP contribution in [-0.4, -0.2) is 26.8 Å². The maximum absolute atomic E-state index is 11.8. The van der Waals surface area contributed by atoms with Crippen LogP contribution in [0.3, 0.4) is 0 Å². The lowest BCUT2D eigenvalue weighted by Gasteiger charge is -2.11. The van der Waals surface area contributed by atoms with E-state index in [0.717, 1.165) is 18.4 Å². The highest BCUT2D eigenvalue weighted by Gasteiger charge is 2.05. The van der Waals surface area contributed by atoms with Crippen molar-refractivity contribution in [1.82, 2.24) is 10.6 Å². The number of rotatable bonds is 8. The largest absolute Gasteiger partial charge is 0.493 e. The Labute approximate surface area is 143 Å². The predicted molar refractivity (Wildman–Crippen MR) is 94.5 cm³/mol. The highest BCUT2D eigenvalue weighted by molar-refractivity contribution is 5.73. The molecule has 2 aromatic rings. The molecule has 0 aromatic heterocycles. The molecule has 0 aliphatic rings. The van der Waals surface area contributed by atoms with Crippen LogP contribution in [0, 0.1) is 0 Å². The molecule has 0 aliphatic heterocycles. The summed E-state index contributed by atoms with van der Waals surface area (Å²) in [6.07, 6.45) is 1.87. The molecule has 2 N–H and O–H groups in total. The van der Waals surface area contributed by atoms with Gasteiger partial charge in [0.1, 0.15) is 0 Å². The maximum Gasteiger partial charge on any atom is 0.315 e. The van der Waals surface area contributed by atoms with Gasteiger partial charge < -0.3 is 20.1 Å². The van der Waals surface area contributed by atoms with Crippen molar-refractivity contribution in [3.05, 3.63) is 59.7 Å². The van der Waals surface area contributed by atoms with Crippen molar-refractivity contribution in [2.75, 3.05) is 20.8 Å². The molecule has 0 radical (unpaired) electrons. The highest BCUT2D eigenvalue weighted by atomic mass is 16.5. The molecule has 0 saturated heterocycles. The average molecular weight is 328 g/mol.